The Morgan fingerprint density at radius 2 is 1.57 bits per heavy atom. The zero-order valence-corrected chi connectivity index (χ0v) is 20.4. The Morgan fingerprint density at radius 3 is 2.24 bits per heavy atom. The molecular weight excluding hydrogens is 470 g/mol. The van der Waals surface area contributed by atoms with Gasteiger partial charge in [0.25, 0.3) is 11.7 Å². The highest BCUT2D eigenvalue weighted by molar-refractivity contribution is 6.46. The number of hydrogen-bond donors (Lipinski definition) is 2. The average Bonchev–Trinajstić information content (AvgIpc) is 3.17. The van der Waals surface area contributed by atoms with Gasteiger partial charge < -0.3 is 19.8 Å². The molecule has 0 radical (unpaired) electrons. The van der Waals surface area contributed by atoms with Crippen LogP contribution in [-0.4, -0.2) is 39.9 Å². The molecule has 1 aliphatic carbocycles. The van der Waals surface area contributed by atoms with Gasteiger partial charge in [0.2, 0.25) is 0 Å². The molecule has 1 atom stereocenters. The van der Waals surface area contributed by atoms with Crippen molar-refractivity contribution in [3.63, 3.8) is 0 Å². The summed E-state index contributed by atoms with van der Waals surface area (Å²) in [5.74, 6) is -2.13. The molecule has 1 saturated heterocycles. The molecule has 0 bridgehead atoms. The van der Waals surface area contributed by atoms with Crippen molar-refractivity contribution in [1.82, 2.24) is 4.90 Å². The van der Waals surface area contributed by atoms with E-state index in [1.807, 2.05) is 12.1 Å². The Morgan fingerprint density at radius 1 is 0.919 bits per heavy atom. The Balaban J connectivity index is 1.57. The molecule has 7 heteroatoms. The van der Waals surface area contributed by atoms with E-state index in [0.29, 0.717) is 22.3 Å². The molecule has 37 heavy (non-hydrogen) atoms. The predicted octanol–water partition coefficient (Wildman–Crippen LogP) is 4.68. The Bertz CT molecular complexity index is 1400. The van der Waals surface area contributed by atoms with Gasteiger partial charge in [-0.05, 0) is 78.3 Å². The second-order valence-electron chi connectivity index (χ2n) is 9.40. The fourth-order valence-electron chi connectivity index (χ4n) is 5.14. The zero-order chi connectivity index (χ0) is 26.1. The summed E-state index contributed by atoms with van der Waals surface area (Å²) in [5.41, 5.74) is 4.57. The molecule has 0 aromatic heterocycles. The molecule has 1 aliphatic heterocycles. The molecule has 7 nitrogen and oxygen atoms in total. The molecule has 3 aromatic rings. The number of benzene rings is 3. The maximum Gasteiger partial charge on any atom is 0.337 e. The number of aryl methyl sites for hydroxylation is 2. The minimum absolute atomic E-state index is 0.0117. The number of likely N-dealkylation sites (tertiary alicyclic amines) is 1. The number of rotatable bonds is 5. The SMILES string of the molecule is COC(=O)c1ccc(CN2C(=O)C(=O)/C(=C(\O)c3ccc4c(c3)CCCC4)C2c2ccc(O)cc2)cc1. The number of aliphatic hydroxyl groups excluding tert-OH is 1. The van der Waals surface area contributed by atoms with Crippen molar-refractivity contribution in [3.8, 4) is 5.75 Å². The van der Waals surface area contributed by atoms with Gasteiger partial charge in [-0.2, -0.15) is 0 Å². The van der Waals surface area contributed by atoms with Crippen LogP contribution in [0.3, 0.4) is 0 Å². The van der Waals surface area contributed by atoms with Crippen molar-refractivity contribution in [2.24, 2.45) is 0 Å². The standard InChI is InChI=1S/C30H27NO6/c1-37-30(36)21-8-6-18(7-9-21)17-31-26(20-12-14-24(32)15-13-20)25(28(34)29(31)35)27(33)23-11-10-19-4-2-3-5-22(19)16-23/h6-16,26,32-33H,2-5,17H2,1H3/b27-25-. The summed E-state index contributed by atoms with van der Waals surface area (Å²) in [6.45, 7) is 0.0819. The lowest BCUT2D eigenvalue weighted by molar-refractivity contribution is -0.140. The third kappa shape index (κ3) is 4.60. The van der Waals surface area contributed by atoms with Gasteiger partial charge in [0.1, 0.15) is 11.5 Å². The highest BCUT2D eigenvalue weighted by Crippen LogP contribution is 2.41. The fourth-order valence-corrected chi connectivity index (χ4v) is 5.14. The lowest BCUT2D eigenvalue weighted by atomic mass is 9.88. The van der Waals surface area contributed by atoms with Crippen LogP contribution in [0.5, 0.6) is 5.75 Å². The van der Waals surface area contributed by atoms with E-state index in [0.717, 1.165) is 31.2 Å². The molecule has 1 unspecified atom stereocenters. The normalized spacial score (nSPS) is 18.5. The molecule has 5 rings (SSSR count). The van der Waals surface area contributed by atoms with Crippen LogP contribution in [0.1, 0.15) is 57.1 Å². The lowest BCUT2D eigenvalue weighted by Gasteiger charge is -2.25. The van der Waals surface area contributed by atoms with Crippen LogP contribution in [0.4, 0.5) is 0 Å². The summed E-state index contributed by atoms with van der Waals surface area (Å²) in [5, 5.41) is 21.2. The first-order valence-electron chi connectivity index (χ1n) is 12.2. The minimum atomic E-state index is -0.850. The number of methoxy groups -OCH3 is 1. The second kappa shape index (κ2) is 9.93. The number of esters is 1. The van der Waals surface area contributed by atoms with Gasteiger partial charge in [0, 0.05) is 12.1 Å². The number of carbonyl (C=O) groups is 3. The van der Waals surface area contributed by atoms with Crippen LogP contribution in [0, 0.1) is 0 Å². The predicted molar refractivity (Wildman–Crippen MR) is 137 cm³/mol. The van der Waals surface area contributed by atoms with E-state index >= 15 is 0 Å². The number of fused-ring (bicyclic) bond motifs is 1. The number of nitrogens with zero attached hydrogens (tertiary/aromatic N) is 1. The van der Waals surface area contributed by atoms with E-state index in [1.54, 1.807) is 42.5 Å². The van der Waals surface area contributed by atoms with Crippen molar-refractivity contribution < 1.29 is 29.3 Å². The molecular formula is C30H27NO6. The summed E-state index contributed by atoms with van der Waals surface area (Å²) in [4.78, 5) is 39.8. The summed E-state index contributed by atoms with van der Waals surface area (Å²) < 4.78 is 4.74. The molecule has 1 heterocycles. The number of ether oxygens (including phenoxy) is 1. The molecule has 2 aliphatic rings. The lowest BCUT2D eigenvalue weighted by Crippen LogP contribution is -2.29. The molecule has 1 amide bonds. The van der Waals surface area contributed by atoms with Gasteiger partial charge in [0.15, 0.2) is 0 Å². The topological polar surface area (TPSA) is 104 Å². The summed E-state index contributed by atoms with van der Waals surface area (Å²) >= 11 is 0. The van der Waals surface area contributed by atoms with Crippen molar-refractivity contribution in [2.75, 3.05) is 7.11 Å². The van der Waals surface area contributed by atoms with E-state index in [1.165, 1.54) is 29.7 Å². The van der Waals surface area contributed by atoms with E-state index in [9.17, 15) is 24.6 Å². The van der Waals surface area contributed by atoms with Crippen LogP contribution in [0.2, 0.25) is 0 Å². The number of aliphatic hydroxyl groups is 1. The smallest absolute Gasteiger partial charge is 0.337 e. The Labute approximate surface area is 214 Å². The number of aromatic hydroxyl groups is 1. The van der Waals surface area contributed by atoms with Gasteiger partial charge in [-0.25, -0.2) is 4.79 Å². The van der Waals surface area contributed by atoms with E-state index in [2.05, 4.69) is 0 Å². The van der Waals surface area contributed by atoms with Crippen LogP contribution in [-0.2, 0) is 33.7 Å². The first-order valence-corrected chi connectivity index (χ1v) is 12.2. The third-order valence-corrected chi connectivity index (χ3v) is 7.10. The van der Waals surface area contributed by atoms with Crippen molar-refractivity contribution in [1.29, 1.82) is 0 Å². The minimum Gasteiger partial charge on any atom is -0.508 e. The van der Waals surface area contributed by atoms with Crippen LogP contribution < -0.4 is 0 Å². The maximum atomic E-state index is 13.3. The first kappa shape index (κ1) is 24.3. The molecule has 2 N–H and O–H groups in total. The monoisotopic (exact) mass is 497 g/mol. The molecule has 0 saturated carbocycles. The Hall–Kier alpha value is -4.39. The van der Waals surface area contributed by atoms with Crippen molar-refractivity contribution in [3.05, 3.63) is 106 Å². The van der Waals surface area contributed by atoms with Gasteiger partial charge in [0.05, 0.1) is 24.3 Å². The molecule has 188 valence electrons. The largest absolute Gasteiger partial charge is 0.508 e. The molecule has 1 fully saturated rings. The van der Waals surface area contributed by atoms with Gasteiger partial charge in [-0.3, -0.25) is 9.59 Å². The number of Topliss-reactive ketones (excluding diaryl/α,β-unsaturated/α-hetero) is 1. The van der Waals surface area contributed by atoms with Gasteiger partial charge in [-0.15, -0.1) is 0 Å². The third-order valence-electron chi connectivity index (χ3n) is 7.10. The fraction of sp³-hybridized carbons (Fsp3) is 0.233. The summed E-state index contributed by atoms with van der Waals surface area (Å²) in [7, 11) is 1.30. The van der Waals surface area contributed by atoms with Crippen molar-refractivity contribution in [2.45, 2.75) is 38.3 Å². The summed E-state index contributed by atoms with van der Waals surface area (Å²) in [6.07, 6.45) is 4.10. The number of phenolic OH excluding ortho intramolecular Hbond substituents is 1. The van der Waals surface area contributed by atoms with Crippen LogP contribution in [0.25, 0.3) is 5.76 Å². The average molecular weight is 498 g/mol. The van der Waals surface area contributed by atoms with Crippen LogP contribution >= 0.6 is 0 Å². The summed E-state index contributed by atoms with van der Waals surface area (Å²) in [6, 6.07) is 17.7. The number of ketones is 1. The first-order chi connectivity index (χ1) is 17.9. The van der Waals surface area contributed by atoms with Crippen molar-refractivity contribution >= 4 is 23.4 Å². The molecule has 3 aromatic carbocycles. The highest BCUT2D eigenvalue weighted by atomic mass is 16.5. The van der Waals surface area contributed by atoms with Gasteiger partial charge >= 0.3 is 5.97 Å². The van der Waals surface area contributed by atoms with Crippen LogP contribution in [0.15, 0.2) is 72.3 Å². The van der Waals surface area contributed by atoms with Gasteiger partial charge in [-0.1, -0.05) is 36.4 Å². The number of carbonyl (C=O) groups excluding carboxylic acids is 3. The number of hydrogen-bond acceptors (Lipinski definition) is 6. The maximum absolute atomic E-state index is 13.3. The highest BCUT2D eigenvalue weighted by Gasteiger charge is 2.46. The van der Waals surface area contributed by atoms with E-state index < -0.39 is 23.7 Å². The van der Waals surface area contributed by atoms with E-state index in [4.69, 9.17) is 4.74 Å². The second-order valence-corrected chi connectivity index (χ2v) is 9.40. The van der Waals surface area contributed by atoms with E-state index in [-0.39, 0.29) is 23.6 Å². The zero-order valence-electron chi connectivity index (χ0n) is 20.4. The Kier molecular flexibility index (Phi) is 6.53. The molecule has 0 spiro atoms. The number of phenols is 1. The number of amides is 1. The quantitative estimate of drug-likeness (QED) is 0.230.